The number of nitriles is 1. The molecule has 1 aliphatic heterocycles. The van der Waals surface area contributed by atoms with E-state index in [1.165, 1.54) is 28.7 Å². The highest BCUT2D eigenvalue weighted by Crippen LogP contribution is 2.38. The molecular weight excluding hydrogens is 572 g/mol. The van der Waals surface area contributed by atoms with Crippen LogP contribution in [0.25, 0.3) is 0 Å². The van der Waals surface area contributed by atoms with Crippen molar-refractivity contribution in [2.75, 3.05) is 17.2 Å². The first-order chi connectivity index (χ1) is 19.9. The number of hydrogen-bond donors (Lipinski definition) is 2. The first-order valence-electron chi connectivity index (χ1n) is 13.4. The number of nitrogens with one attached hydrogen (secondary N) is 2. The van der Waals surface area contributed by atoms with E-state index in [0.29, 0.717) is 33.3 Å². The molecule has 0 bridgehead atoms. The fourth-order valence-electron chi connectivity index (χ4n) is 4.80. The number of fused-ring (bicyclic) bond motifs is 1. The number of carbonyl (C=O) groups is 2. The first-order valence-corrected chi connectivity index (χ1v) is 15.5. The normalized spacial score (nSPS) is 13.6. The van der Waals surface area contributed by atoms with E-state index in [9.17, 15) is 14.9 Å². The van der Waals surface area contributed by atoms with Gasteiger partial charge in [0.15, 0.2) is 0 Å². The molecule has 2 N–H and O–H groups in total. The van der Waals surface area contributed by atoms with Gasteiger partial charge >= 0.3 is 0 Å². The summed E-state index contributed by atoms with van der Waals surface area (Å²) in [6.07, 6.45) is 1.39. The summed E-state index contributed by atoms with van der Waals surface area (Å²) < 4.78 is 0. The predicted molar refractivity (Wildman–Crippen MR) is 168 cm³/mol. The van der Waals surface area contributed by atoms with Crippen LogP contribution in [0.5, 0.6) is 0 Å². The third-order valence-electron chi connectivity index (χ3n) is 6.85. The Hall–Kier alpha value is -3.61. The Bertz CT molecular complexity index is 1600. The van der Waals surface area contributed by atoms with Crippen LogP contribution < -0.4 is 10.6 Å². The number of halogens is 1. The Kier molecular flexibility index (Phi) is 9.42. The van der Waals surface area contributed by atoms with Gasteiger partial charge in [0.25, 0.3) is 5.91 Å². The van der Waals surface area contributed by atoms with Crippen molar-refractivity contribution in [3.63, 3.8) is 0 Å². The lowest BCUT2D eigenvalue weighted by atomic mass is 10.0. The zero-order chi connectivity index (χ0) is 28.8. The Morgan fingerprint density at radius 1 is 1.07 bits per heavy atom. The summed E-state index contributed by atoms with van der Waals surface area (Å²) in [4.78, 5) is 30.4. The van der Waals surface area contributed by atoms with Crippen LogP contribution in [0.3, 0.4) is 0 Å². The van der Waals surface area contributed by atoms with Gasteiger partial charge in [-0.1, -0.05) is 61.0 Å². The van der Waals surface area contributed by atoms with Gasteiger partial charge in [-0.15, -0.1) is 23.1 Å². The van der Waals surface area contributed by atoms with Crippen molar-refractivity contribution in [1.29, 1.82) is 5.26 Å². The minimum Gasteiger partial charge on any atom is -0.322 e. The number of thioether (sulfide) groups is 1. The number of carbonyl (C=O) groups excluding carboxylic acids is 2. The molecule has 1 atom stereocenters. The van der Waals surface area contributed by atoms with Crippen LogP contribution in [0.2, 0.25) is 5.02 Å². The number of anilines is 2. The molecule has 0 aliphatic carbocycles. The van der Waals surface area contributed by atoms with Crippen LogP contribution in [0.1, 0.15) is 45.3 Å². The van der Waals surface area contributed by atoms with Crippen molar-refractivity contribution in [2.24, 2.45) is 0 Å². The van der Waals surface area contributed by atoms with Crippen molar-refractivity contribution < 1.29 is 9.59 Å². The number of thiophene rings is 1. The summed E-state index contributed by atoms with van der Waals surface area (Å²) in [7, 11) is 0. The van der Waals surface area contributed by atoms with Gasteiger partial charge in [0, 0.05) is 45.7 Å². The molecule has 3 aromatic carbocycles. The van der Waals surface area contributed by atoms with Gasteiger partial charge in [0.2, 0.25) is 5.91 Å². The average molecular weight is 601 g/mol. The third kappa shape index (κ3) is 7.19. The highest BCUT2D eigenvalue weighted by atomic mass is 35.5. The van der Waals surface area contributed by atoms with E-state index >= 15 is 0 Å². The van der Waals surface area contributed by atoms with E-state index < -0.39 is 0 Å². The molecule has 0 saturated heterocycles. The first kappa shape index (κ1) is 28.9. The van der Waals surface area contributed by atoms with E-state index in [4.69, 9.17) is 11.6 Å². The van der Waals surface area contributed by atoms with Gasteiger partial charge in [-0.05, 0) is 60.4 Å². The SMILES string of the molecule is CCC(Sc1cccc(NC(=O)c2cccc(Cl)c2)c1)C(=O)Nc1sc2c(c1C#N)CCN(Cc1ccccc1)C2. The maximum Gasteiger partial charge on any atom is 0.255 e. The molecule has 0 radical (unpaired) electrons. The molecule has 2 amide bonds. The summed E-state index contributed by atoms with van der Waals surface area (Å²) >= 11 is 8.97. The fraction of sp³-hybridized carbons (Fsp3) is 0.219. The Morgan fingerprint density at radius 3 is 2.63 bits per heavy atom. The van der Waals surface area contributed by atoms with E-state index in [-0.39, 0.29) is 17.1 Å². The molecule has 1 aromatic heterocycles. The lowest BCUT2D eigenvalue weighted by molar-refractivity contribution is -0.115. The van der Waals surface area contributed by atoms with Crippen LogP contribution in [0.4, 0.5) is 10.7 Å². The monoisotopic (exact) mass is 600 g/mol. The van der Waals surface area contributed by atoms with Crippen LogP contribution in [-0.4, -0.2) is 28.5 Å². The van der Waals surface area contributed by atoms with Crippen LogP contribution in [0.15, 0.2) is 83.8 Å². The summed E-state index contributed by atoms with van der Waals surface area (Å²) in [5, 5.41) is 16.7. The maximum atomic E-state index is 13.4. The lowest BCUT2D eigenvalue weighted by Crippen LogP contribution is -2.29. The van der Waals surface area contributed by atoms with Gasteiger partial charge in [0.05, 0.1) is 10.8 Å². The summed E-state index contributed by atoms with van der Waals surface area (Å²) in [6, 6.07) is 26.9. The van der Waals surface area contributed by atoms with Gasteiger partial charge in [-0.2, -0.15) is 5.26 Å². The molecule has 5 rings (SSSR count). The molecule has 0 fully saturated rings. The van der Waals surface area contributed by atoms with Gasteiger partial charge < -0.3 is 10.6 Å². The molecule has 1 unspecified atom stereocenters. The second kappa shape index (κ2) is 13.4. The number of nitrogens with zero attached hydrogens (tertiary/aromatic N) is 2. The third-order valence-corrected chi connectivity index (χ3v) is 9.58. The summed E-state index contributed by atoms with van der Waals surface area (Å²) in [5.41, 5.74) is 4.01. The van der Waals surface area contributed by atoms with Crippen LogP contribution >= 0.6 is 34.7 Å². The number of benzene rings is 3. The Morgan fingerprint density at radius 2 is 1.88 bits per heavy atom. The average Bonchev–Trinajstić information content (AvgIpc) is 3.32. The highest BCUT2D eigenvalue weighted by molar-refractivity contribution is 8.00. The standard InChI is InChI=1S/C32H29ClN4O2S2/c1-2-28(40-25-13-7-12-24(17-25)35-30(38)22-10-6-11-23(33)16-22)31(39)36-32-27(18-34)26-14-15-37(20-29(26)41-32)19-21-8-4-3-5-9-21/h3-13,16-17,28H,2,14-15,19-20H2,1H3,(H,35,38)(H,36,39). The number of rotatable bonds is 9. The second-order valence-corrected chi connectivity index (χ2v) is 12.6. The van der Waals surface area contributed by atoms with Crippen LogP contribution in [-0.2, 0) is 24.3 Å². The number of amides is 2. The van der Waals surface area contributed by atoms with Crippen molar-refractivity contribution in [3.8, 4) is 6.07 Å². The van der Waals surface area contributed by atoms with Gasteiger partial charge in [0.1, 0.15) is 11.1 Å². The van der Waals surface area contributed by atoms with Crippen molar-refractivity contribution in [2.45, 2.75) is 43.0 Å². The highest BCUT2D eigenvalue weighted by Gasteiger charge is 2.27. The summed E-state index contributed by atoms with van der Waals surface area (Å²) in [6.45, 7) is 4.46. The predicted octanol–water partition coefficient (Wildman–Crippen LogP) is 7.59. The quantitative estimate of drug-likeness (QED) is 0.193. The molecule has 208 valence electrons. The van der Waals surface area contributed by atoms with Crippen molar-refractivity contribution >= 4 is 57.2 Å². The van der Waals surface area contributed by atoms with Crippen molar-refractivity contribution in [3.05, 3.63) is 111 Å². The largest absolute Gasteiger partial charge is 0.322 e. The molecule has 0 spiro atoms. The van der Waals surface area contributed by atoms with E-state index in [1.807, 2.05) is 49.4 Å². The molecule has 4 aromatic rings. The Labute approximate surface area is 253 Å². The molecule has 1 aliphatic rings. The van der Waals surface area contributed by atoms with Crippen molar-refractivity contribution in [1.82, 2.24) is 4.90 Å². The number of hydrogen-bond acceptors (Lipinski definition) is 6. The second-order valence-electron chi connectivity index (χ2n) is 9.76. The van der Waals surface area contributed by atoms with E-state index in [0.717, 1.165) is 41.4 Å². The zero-order valence-corrected chi connectivity index (χ0v) is 24.9. The molecular formula is C32H29ClN4O2S2. The molecule has 9 heteroatoms. The summed E-state index contributed by atoms with van der Waals surface area (Å²) in [5.74, 6) is -0.394. The molecule has 6 nitrogen and oxygen atoms in total. The molecule has 2 heterocycles. The topological polar surface area (TPSA) is 85.2 Å². The zero-order valence-electron chi connectivity index (χ0n) is 22.5. The molecule has 0 saturated carbocycles. The van der Waals surface area contributed by atoms with E-state index in [1.54, 1.807) is 24.3 Å². The van der Waals surface area contributed by atoms with Gasteiger partial charge in [-0.3, -0.25) is 14.5 Å². The molecule has 41 heavy (non-hydrogen) atoms. The maximum absolute atomic E-state index is 13.4. The lowest BCUT2D eigenvalue weighted by Gasteiger charge is -2.26. The minimum absolute atomic E-state index is 0.137. The minimum atomic E-state index is -0.367. The smallest absolute Gasteiger partial charge is 0.255 e. The van der Waals surface area contributed by atoms with E-state index in [2.05, 4.69) is 33.7 Å². The Balaban J connectivity index is 1.24. The van der Waals surface area contributed by atoms with Gasteiger partial charge in [-0.25, -0.2) is 0 Å². The fourth-order valence-corrected chi connectivity index (χ4v) is 7.25. The van der Waals surface area contributed by atoms with Crippen LogP contribution in [0, 0.1) is 11.3 Å².